The van der Waals surface area contributed by atoms with Crippen molar-refractivity contribution in [3.05, 3.63) is 84.1 Å². The second-order valence-electron chi connectivity index (χ2n) is 6.68. The average molecular weight is 461 g/mol. The van der Waals surface area contributed by atoms with E-state index in [-0.39, 0.29) is 22.0 Å². The minimum absolute atomic E-state index is 0.104. The lowest BCUT2D eigenvalue weighted by atomic mass is 9.96. The third-order valence-electron chi connectivity index (χ3n) is 4.98. The molecule has 3 aromatic rings. The first kappa shape index (κ1) is 22.5. The molecule has 1 heterocycles. The van der Waals surface area contributed by atoms with Crippen LogP contribution in [0.15, 0.2) is 47.3 Å². The van der Waals surface area contributed by atoms with Gasteiger partial charge in [0.15, 0.2) is 0 Å². The van der Waals surface area contributed by atoms with Crippen LogP contribution in [0.25, 0.3) is 22.4 Å². The Hall–Kier alpha value is -3.16. The summed E-state index contributed by atoms with van der Waals surface area (Å²) in [4.78, 5) is 36.7. The van der Waals surface area contributed by atoms with E-state index in [9.17, 15) is 19.7 Å². The summed E-state index contributed by atoms with van der Waals surface area (Å²) >= 11 is 12.1. The molecule has 31 heavy (non-hydrogen) atoms. The fraction of sp³-hybridized carbons (Fsp3) is 0.182. The number of carbonyl (C=O) groups is 1. The van der Waals surface area contributed by atoms with Crippen molar-refractivity contribution in [2.45, 2.75) is 20.4 Å². The summed E-state index contributed by atoms with van der Waals surface area (Å²) in [6, 6.07) is 10.8. The lowest BCUT2D eigenvalue weighted by Crippen LogP contribution is -2.26. The number of nitro benzene ring substituents is 1. The van der Waals surface area contributed by atoms with E-state index in [1.807, 2.05) is 6.92 Å². The summed E-state index contributed by atoms with van der Waals surface area (Å²) < 4.78 is 6.69. The van der Waals surface area contributed by atoms with Gasteiger partial charge in [-0.2, -0.15) is 0 Å². The van der Waals surface area contributed by atoms with E-state index in [2.05, 4.69) is 0 Å². The van der Waals surface area contributed by atoms with E-state index >= 15 is 0 Å². The third-order valence-corrected chi connectivity index (χ3v) is 5.54. The number of nitrogens with zero attached hydrogens (tertiary/aromatic N) is 2. The largest absolute Gasteiger partial charge is 0.465 e. The van der Waals surface area contributed by atoms with Crippen molar-refractivity contribution in [2.24, 2.45) is 0 Å². The van der Waals surface area contributed by atoms with E-state index in [4.69, 9.17) is 27.9 Å². The molecule has 0 amide bonds. The number of aromatic nitrogens is 1. The highest BCUT2D eigenvalue weighted by Gasteiger charge is 2.27. The quantitative estimate of drug-likeness (QED) is 0.284. The maximum Gasteiger partial charge on any atom is 0.344 e. The molecule has 9 heteroatoms. The summed E-state index contributed by atoms with van der Waals surface area (Å²) in [6.07, 6.45) is 0. The van der Waals surface area contributed by atoms with Gasteiger partial charge in [-0.05, 0) is 43.7 Å². The first-order valence-electron chi connectivity index (χ1n) is 9.27. The molecule has 0 unspecified atom stereocenters. The van der Waals surface area contributed by atoms with Gasteiger partial charge in [-0.3, -0.25) is 14.9 Å². The van der Waals surface area contributed by atoms with Gasteiger partial charge in [-0.1, -0.05) is 35.3 Å². The molecule has 0 N–H and O–H groups in total. The van der Waals surface area contributed by atoms with Gasteiger partial charge in [-0.15, -0.1) is 0 Å². The lowest BCUT2D eigenvalue weighted by Gasteiger charge is -2.21. The van der Waals surface area contributed by atoms with Crippen LogP contribution < -0.4 is 5.43 Å². The van der Waals surface area contributed by atoms with Gasteiger partial charge in [0.2, 0.25) is 5.43 Å². The topological polar surface area (TPSA) is 91.4 Å². The molecular weight excluding hydrogens is 443 g/mol. The average Bonchev–Trinajstić information content (AvgIpc) is 2.73. The summed E-state index contributed by atoms with van der Waals surface area (Å²) in [7, 11) is 1.19. The van der Waals surface area contributed by atoms with Gasteiger partial charge in [0.25, 0.3) is 5.69 Å². The molecule has 0 spiro atoms. The zero-order chi connectivity index (χ0) is 22.9. The van der Waals surface area contributed by atoms with Crippen LogP contribution in [0.5, 0.6) is 0 Å². The molecule has 0 bridgehead atoms. The summed E-state index contributed by atoms with van der Waals surface area (Å²) in [6.45, 7) is 4.05. The molecule has 3 rings (SSSR count). The molecule has 1 aromatic heterocycles. The molecule has 0 radical (unpaired) electrons. The predicted octanol–water partition coefficient (Wildman–Crippen LogP) is 5.51. The van der Waals surface area contributed by atoms with Crippen LogP contribution in [0.3, 0.4) is 0 Å². The van der Waals surface area contributed by atoms with E-state index in [1.54, 1.807) is 35.8 Å². The molecular formula is C22H18Cl2N2O5. The van der Waals surface area contributed by atoms with Crippen molar-refractivity contribution in [1.82, 2.24) is 4.57 Å². The van der Waals surface area contributed by atoms with Gasteiger partial charge in [0, 0.05) is 34.5 Å². The second-order valence-corrected chi connectivity index (χ2v) is 7.52. The fourth-order valence-electron chi connectivity index (χ4n) is 3.58. The Morgan fingerprint density at radius 1 is 1.13 bits per heavy atom. The molecule has 0 aliphatic rings. The summed E-state index contributed by atoms with van der Waals surface area (Å²) in [5.74, 6) is -0.813. The van der Waals surface area contributed by atoms with Crippen molar-refractivity contribution in [2.75, 3.05) is 7.11 Å². The zero-order valence-electron chi connectivity index (χ0n) is 16.9. The first-order chi connectivity index (χ1) is 14.7. The van der Waals surface area contributed by atoms with E-state index in [0.29, 0.717) is 34.0 Å². The van der Waals surface area contributed by atoms with Gasteiger partial charge in [0.1, 0.15) is 10.6 Å². The highest BCUT2D eigenvalue weighted by atomic mass is 35.5. The molecule has 0 atom stereocenters. The molecule has 2 aromatic carbocycles. The molecule has 7 nitrogen and oxygen atoms in total. The van der Waals surface area contributed by atoms with Gasteiger partial charge < -0.3 is 9.30 Å². The summed E-state index contributed by atoms with van der Waals surface area (Å²) in [5.41, 5.74) is 1.28. The molecule has 0 saturated carbocycles. The number of methoxy groups -OCH3 is 1. The van der Waals surface area contributed by atoms with Crippen molar-refractivity contribution in [3.8, 4) is 22.4 Å². The Bertz CT molecular complexity index is 1250. The van der Waals surface area contributed by atoms with Crippen LogP contribution in [-0.2, 0) is 11.3 Å². The molecule has 0 fully saturated rings. The van der Waals surface area contributed by atoms with Crippen LogP contribution in [0.4, 0.5) is 5.69 Å². The number of nitro groups is 1. The SMILES string of the molecule is CCn1c(C)c(-c2ccc(Cl)cc2)c(=O)c(C(=O)OC)c1-c1ccc([N+](=O)[O-])c(Cl)c1. The summed E-state index contributed by atoms with van der Waals surface area (Å²) in [5, 5.41) is 11.5. The Morgan fingerprint density at radius 3 is 2.26 bits per heavy atom. The minimum atomic E-state index is -0.813. The van der Waals surface area contributed by atoms with Crippen LogP contribution in [0.1, 0.15) is 23.0 Å². The highest BCUT2D eigenvalue weighted by Crippen LogP contribution is 2.34. The van der Waals surface area contributed by atoms with Crippen molar-refractivity contribution >= 4 is 34.9 Å². The number of pyridine rings is 1. The van der Waals surface area contributed by atoms with E-state index < -0.39 is 16.3 Å². The van der Waals surface area contributed by atoms with Crippen molar-refractivity contribution in [3.63, 3.8) is 0 Å². The van der Waals surface area contributed by atoms with Crippen LogP contribution in [-0.4, -0.2) is 22.6 Å². The van der Waals surface area contributed by atoms with E-state index in [1.165, 1.54) is 25.3 Å². The fourth-order valence-corrected chi connectivity index (χ4v) is 3.96. The normalized spacial score (nSPS) is 10.7. The maximum absolute atomic E-state index is 13.5. The number of esters is 1. The van der Waals surface area contributed by atoms with Crippen LogP contribution >= 0.6 is 23.2 Å². The number of halogens is 2. The standard InChI is InChI=1S/C22H18Cl2N2O5/c1-4-25-12(2)18(13-5-8-15(23)9-6-13)21(27)19(22(28)31-3)20(25)14-7-10-17(26(29)30)16(24)11-14/h5-11H,4H2,1-3H3. The predicted molar refractivity (Wildman–Crippen MR) is 120 cm³/mol. The highest BCUT2D eigenvalue weighted by molar-refractivity contribution is 6.33. The monoisotopic (exact) mass is 460 g/mol. The van der Waals surface area contributed by atoms with Gasteiger partial charge in [0.05, 0.1) is 17.7 Å². The number of benzene rings is 2. The molecule has 0 aliphatic carbocycles. The first-order valence-corrected chi connectivity index (χ1v) is 10.0. The zero-order valence-corrected chi connectivity index (χ0v) is 18.5. The van der Waals surface area contributed by atoms with Crippen molar-refractivity contribution in [1.29, 1.82) is 0 Å². The molecule has 0 aliphatic heterocycles. The Morgan fingerprint density at radius 2 is 1.74 bits per heavy atom. The van der Waals surface area contributed by atoms with Crippen molar-refractivity contribution < 1.29 is 14.5 Å². The third kappa shape index (κ3) is 4.06. The Labute approximate surface area is 187 Å². The minimum Gasteiger partial charge on any atom is -0.465 e. The smallest absolute Gasteiger partial charge is 0.344 e. The van der Waals surface area contributed by atoms with Gasteiger partial charge in [-0.25, -0.2) is 4.79 Å². The molecule has 160 valence electrons. The number of hydrogen-bond donors (Lipinski definition) is 0. The number of carbonyl (C=O) groups excluding carboxylic acids is 1. The maximum atomic E-state index is 13.5. The van der Waals surface area contributed by atoms with Gasteiger partial charge >= 0.3 is 5.97 Å². The lowest BCUT2D eigenvalue weighted by molar-refractivity contribution is -0.384. The Balaban J connectivity index is 2.43. The van der Waals surface area contributed by atoms with Crippen LogP contribution in [0, 0.1) is 17.0 Å². The number of ether oxygens (including phenoxy) is 1. The second kappa shape index (κ2) is 8.91. The Kier molecular flexibility index (Phi) is 6.48. The van der Waals surface area contributed by atoms with E-state index in [0.717, 1.165) is 0 Å². The number of rotatable bonds is 5. The number of hydrogen-bond acceptors (Lipinski definition) is 5. The van der Waals surface area contributed by atoms with Crippen LogP contribution in [0.2, 0.25) is 10.0 Å². The molecule has 0 saturated heterocycles.